The average molecular weight is 345 g/mol. The maximum atomic E-state index is 12.2. The van der Waals surface area contributed by atoms with Gasteiger partial charge in [-0.2, -0.15) is 0 Å². The van der Waals surface area contributed by atoms with Crippen LogP contribution in [0.5, 0.6) is 0 Å². The van der Waals surface area contributed by atoms with Crippen molar-refractivity contribution in [2.45, 2.75) is 90.6 Å². The molecule has 0 amide bonds. The van der Waals surface area contributed by atoms with Crippen LogP contribution >= 0.6 is 0 Å². The Labute approximate surface area is 143 Å². The lowest BCUT2D eigenvalue weighted by molar-refractivity contribution is -0.156. The van der Waals surface area contributed by atoms with E-state index in [0.717, 1.165) is 12.8 Å². The van der Waals surface area contributed by atoms with Crippen molar-refractivity contribution in [3.8, 4) is 0 Å². The van der Waals surface area contributed by atoms with Crippen LogP contribution in [0.25, 0.3) is 0 Å². The zero-order chi connectivity index (χ0) is 18.1. The molecule has 4 nitrogen and oxygen atoms in total. The molecular weight excluding hydrogens is 308 g/mol. The molecule has 3 unspecified atom stereocenters. The highest BCUT2D eigenvalue weighted by Gasteiger charge is 2.44. The number of esters is 1. The summed E-state index contributed by atoms with van der Waals surface area (Å²) in [5, 5.41) is 9.66. The number of rotatable bonds is 5. The second kappa shape index (κ2) is 7.24. The molecule has 0 saturated heterocycles. The van der Waals surface area contributed by atoms with Crippen LogP contribution in [0.15, 0.2) is 0 Å². The van der Waals surface area contributed by atoms with E-state index in [1.807, 2.05) is 20.8 Å². The van der Waals surface area contributed by atoms with E-state index in [2.05, 4.69) is 33.9 Å². The smallest absolute Gasteiger partial charge is 0.306 e. The lowest BCUT2D eigenvalue weighted by Gasteiger charge is -2.40. The van der Waals surface area contributed by atoms with Crippen molar-refractivity contribution in [3.05, 3.63) is 0 Å². The first kappa shape index (κ1) is 20.7. The van der Waals surface area contributed by atoms with Crippen molar-refractivity contribution >= 4 is 14.3 Å². The molecule has 0 bridgehead atoms. The van der Waals surface area contributed by atoms with Gasteiger partial charge < -0.3 is 14.3 Å². The highest BCUT2D eigenvalue weighted by atomic mass is 28.4. The first-order valence-electron chi connectivity index (χ1n) is 8.75. The molecule has 0 heterocycles. The number of hydrogen-bond acceptors (Lipinski definition) is 4. The number of aliphatic hydroxyl groups excluding tert-OH is 1. The molecule has 1 fully saturated rings. The summed E-state index contributed by atoms with van der Waals surface area (Å²) in [7, 11) is -1.89. The summed E-state index contributed by atoms with van der Waals surface area (Å²) in [6, 6.07) is 0. The third kappa shape index (κ3) is 6.20. The van der Waals surface area contributed by atoms with Gasteiger partial charge in [0.25, 0.3) is 0 Å². The number of hydrogen-bond donors (Lipinski definition) is 1. The zero-order valence-electron chi connectivity index (χ0n) is 16.2. The van der Waals surface area contributed by atoms with Gasteiger partial charge in [-0.25, -0.2) is 0 Å². The summed E-state index contributed by atoms with van der Waals surface area (Å²) < 4.78 is 12.0. The van der Waals surface area contributed by atoms with E-state index in [0.29, 0.717) is 6.42 Å². The van der Waals surface area contributed by atoms with Crippen molar-refractivity contribution in [1.82, 2.24) is 0 Å². The van der Waals surface area contributed by atoms with Crippen LogP contribution in [-0.4, -0.2) is 37.7 Å². The second-order valence-corrected chi connectivity index (χ2v) is 14.2. The fourth-order valence-electron chi connectivity index (χ4n) is 2.86. The minimum atomic E-state index is -1.89. The third-order valence-corrected chi connectivity index (χ3v) is 9.59. The first-order valence-corrected chi connectivity index (χ1v) is 11.7. The molecule has 23 heavy (non-hydrogen) atoms. The van der Waals surface area contributed by atoms with Crippen LogP contribution in [0.1, 0.15) is 60.8 Å². The topological polar surface area (TPSA) is 55.8 Å². The lowest BCUT2D eigenvalue weighted by Crippen LogP contribution is -2.45. The van der Waals surface area contributed by atoms with E-state index in [1.54, 1.807) is 0 Å². The van der Waals surface area contributed by atoms with Crippen LogP contribution < -0.4 is 0 Å². The maximum Gasteiger partial charge on any atom is 0.306 e. The molecule has 0 aliphatic heterocycles. The van der Waals surface area contributed by atoms with Gasteiger partial charge in [0.1, 0.15) is 5.60 Å². The average Bonchev–Trinajstić information content (AvgIpc) is 2.66. The molecule has 0 aromatic heterocycles. The van der Waals surface area contributed by atoms with Gasteiger partial charge in [-0.05, 0) is 63.6 Å². The molecule has 0 spiro atoms. The summed E-state index contributed by atoms with van der Waals surface area (Å²) in [5.41, 5.74) is -0.456. The van der Waals surface area contributed by atoms with Crippen LogP contribution in [0.2, 0.25) is 18.1 Å². The molecular formula is C18H36O4Si. The lowest BCUT2D eigenvalue weighted by atomic mass is 10.0. The molecule has 1 rings (SSSR count). The third-order valence-electron chi connectivity index (χ3n) is 5.09. The Morgan fingerprint density at radius 3 is 2.13 bits per heavy atom. The number of carbonyl (C=O) groups excluding carboxylic acids is 1. The Balaban J connectivity index is 2.77. The molecule has 136 valence electrons. The molecule has 5 heteroatoms. The van der Waals surface area contributed by atoms with Crippen molar-refractivity contribution in [2.24, 2.45) is 11.8 Å². The second-order valence-electron chi connectivity index (χ2n) is 9.49. The van der Waals surface area contributed by atoms with E-state index < -0.39 is 13.9 Å². The summed E-state index contributed by atoms with van der Waals surface area (Å²) in [5.74, 6) is 0.221. The van der Waals surface area contributed by atoms with Gasteiger partial charge in [0.15, 0.2) is 8.32 Å². The summed E-state index contributed by atoms with van der Waals surface area (Å²) >= 11 is 0. The van der Waals surface area contributed by atoms with E-state index in [4.69, 9.17) is 9.16 Å². The minimum Gasteiger partial charge on any atom is -0.460 e. The van der Waals surface area contributed by atoms with Gasteiger partial charge in [0, 0.05) is 12.7 Å². The van der Waals surface area contributed by atoms with Gasteiger partial charge in [0.2, 0.25) is 0 Å². The summed E-state index contributed by atoms with van der Waals surface area (Å²) in [4.78, 5) is 12.2. The zero-order valence-corrected chi connectivity index (χ0v) is 17.2. The van der Waals surface area contributed by atoms with Crippen molar-refractivity contribution in [1.29, 1.82) is 0 Å². The molecule has 0 aromatic carbocycles. The quantitative estimate of drug-likeness (QED) is 0.602. The van der Waals surface area contributed by atoms with Crippen LogP contribution in [0.3, 0.4) is 0 Å². The van der Waals surface area contributed by atoms with Crippen molar-refractivity contribution in [2.75, 3.05) is 6.61 Å². The number of carbonyl (C=O) groups is 1. The van der Waals surface area contributed by atoms with E-state index in [1.165, 1.54) is 0 Å². The Kier molecular flexibility index (Phi) is 6.50. The first-order chi connectivity index (χ1) is 10.2. The molecule has 1 aliphatic carbocycles. The molecule has 1 saturated carbocycles. The fourth-order valence-corrected chi connectivity index (χ4v) is 4.26. The van der Waals surface area contributed by atoms with Crippen LogP contribution in [-0.2, 0) is 14.0 Å². The highest BCUT2D eigenvalue weighted by molar-refractivity contribution is 6.74. The number of ether oxygens (including phenoxy) is 1. The van der Waals surface area contributed by atoms with Crippen LogP contribution in [0, 0.1) is 11.8 Å². The van der Waals surface area contributed by atoms with Gasteiger partial charge >= 0.3 is 5.97 Å². The largest absolute Gasteiger partial charge is 0.460 e. The van der Waals surface area contributed by atoms with Crippen molar-refractivity contribution in [3.63, 3.8) is 0 Å². The van der Waals surface area contributed by atoms with Gasteiger partial charge in [-0.15, -0.1) is 0 Å². The molecule has 3 atom stereocenters. The minimum absolute atomic E-state index is 0.0561. The van der Waals surface area contributed by atoms with Gasteiger partial charge in [0.05, 0.1) is 6.42 Å². The Bertz CT molecular complexity index is 406. The molecule has 1 N–H and O–H groups in total. The fraction of sp³-hybridized carbons (Fsp3) is 0.944. The predicted molar refractivity (Wildman–Crippen MR) is 95.8 cm³/mol. The standard InChI is InChI=1S/C18H36O4Si/c1-17(2,3)21-16(20)11-14-9-13(12-19)10-15(14)22-23(7,8)18(4,5)6/h13-15,19H,9-12H2,1-8H3. The SMILES string of the molecule is CC(C)(C)OC(=O)CC1CC(CO)CC1O[Si](C)(C)C(C)(C)C. The van der Waals surface area contributed by atoms with Gasteiger partial charge in [-0.1, -0.05) is 20.8 Å². The van der Waals surface area contributed by atoms with E-state index >= 15 is 0 Å². The molecule has 1 aliphatic rings. The van der Waals surface area contributed by atoms with Crippen molar-refractivity contribution < 1.29 is 19.1 Å². The predicted octanol–water partition coefficient (Wildman–Crippen LogP) is 4.13. The normalized spacial score (nSPS) is 26.4. The summed E-state index contributed by atoms with van der Waals surface area (Å²) in [6.07, 6.45) is 2.12. The van der Waals surface area contributed by atoms with E-state index in [-0.39, 0.29) is 35.6 Å². The van der Waals surface area contributed by atoms with Crippen LogP contribution in [0.4, 0.5) is 0 Å². The van der Waals surface area contributed by atoms with E-state index in [9.17, 15) is 9.90 Å². The molecule has 0 aromatic rings. The monoisotopic (exact) mass is 344 g/mol. The summed E-state index contributed by atoms with van der Waals surface area (Å²) in [6.45, 7) is 17.0. The highest BCUT2D eigenvalue weighted by Crippen LogP contribution is 2.43. The Morgan fingerprint density at radius 2 is 1.70 bits per heavy atom. The maximum absolute atomic E-state index is 12.2. The Hall–Kier alpha value is -0.393. The Morgan fingerprint density at radius 1 is 1.13 bits per heavy atom. The van der Waals surface area contributed by atoms with Gasteiger partial charge in [-0.3, -0.25) is 4.79 Å². The molecule has 0 radical (unpaired) electrons. The number of aliphatic hydroxyl groups is 1.